The van der Waals surface area contributed by atoms with Crippen molar-refractivity contribution in [1.82, 2.24) is 0 Å². The summed E-state index contributed by atoms with van der Waals surface area (Å²) in [7, 11) is 2.92. The number of hydrogen-bond acceptors (Lipinski definition) is 6. The fourth-order valence-corrected chi connectivity index (χ4v) is 2.07. The van der Waals surface area contributed by atoms with E-state index in [2.05, 4.69) is 5.32 Å². The molecule has 0 unspecified atom stereocenters. The van der Waals surface area contributed by atoms with Crippen molar-refractivity contribution in [2.24, 2.45) is 0 Å². The van der Waals surface area contributed by atoms with Crippen molar-refractivity contribution in [2.75, 3.05) is 19.5 Å². The van der Waals surface area contributed by atoms with E-state index >= 15 is 0 Å². The fourth-order valence-electron chi connectivity index (χ4n) is 2.07. The SMILES string of the molecule is COc1ccc(O)c(C(=O)O[C@@H](C)C(=O)Nc2ccccc2OC)c1. The molecule has 0 aliphatic carbocycles. The highest BCUT2D eigenvalue weighted by Crippen LogP contribution is 2.25. The van der Waals surface area contributed by atoms with Crippen LogP contribution >= 0.6 is 0 Å². The van der Waals surface area contributed by atoms with Crippen LogP contribution in [0, 0.1) is 0 Å². The molecule has 2 aromatic carbocycles. The van der Waals surface area contributed by atoms with Gasteiger partial charge in [0, 0.05) is 0 Å². The van der Waals surface area contributed by atoms with Crippen molar-refractivity contribution >= 4 is 17.6 Å². The molecule has 2 aromatic rings. The van der Waals surface area contributed by atoms with E-state index in [9.17, 15) is 14.7 Å². The van der Waals surface area contributed by atoms with Gasteiger partial charge in [-0.25, -0.2) is 4.79 Å². The van der Waals surface area contributed by atoms with Gasteiger partial charge in [-0.05, 0) is 37.3 Å². The first-order valence-electron chi connectivity index (χ1n) is 7.48. The van der Waals surface area contributed by atoms with Crippen molar-refractivity contribution in [1.29, 1.82) is 0 Å². The van der Waals surface area contributed by atoms with E-state index in [-0.39, 0.29) is 11.3 Å². The summed E-state index contributed by atoms with van der Waals surface area (Å²) in [5, 5.41) is 12.4. The number of anilines is 1. The second-order valence-corrected chi connectivity index (χ2v) is 5.12. The second-order valence-electron chi connectivity index (χ2n) is 5.12. The first-order valence-corrected chi connectivity index (χ1v) is 7.48. The van der Waals surface area contributed by atoms with Gasteiger partial charge in [-0.2, -0.15) is 0 Å². The molecule has 0 radical (unpaired) electrons. The fraction of sp³-hybridized carbons (Fsp3) is 0.222. The molecule has 0 spiro atoms. The Bertz CT molecular complexity index is 774. The van der Waals surface area contributed by atoms with Gasteiger partial charge in [0.2, 0.25) is 0 Å². The Labute approximate surface area is 145 Å². The normalized spacial score (nSPS) is 11.3. The van der Waals surface area contributed by atoms with Gasteiger partial charge in [0.25, 0.3) is 5.91 Å². The monoisotopic (exact) mass is 345 g/mol. The number of para-hydroxylation sites is 2. The van der Waals surface area contributed by atoms with Crippen molar-refractivity contribution in [3.05, 3.63) is 48.0 Å². The summed E-state index contributed by atoms with van der Waals surface area (Å²) in [6.07, 6.45) is -1.08. The molecule has 0 aliphatic rings. The summed E-state index contributed by atoms with van der Waals surface area (Å²) in [5.41, 5.74) is 0.374. The molecule has 7 heteroatoms. The van der Waals surface area contributed by atoms with Crippen molar-refractivity contribution in [2.45, 2.75) is 13.0 Å². The summed E-state index contributed by atoms with van der Waals surface area (Å²) < 4.78 is 15.3. The smallest absolute Gasteiger partial charge is 0.342 e. The average Bonchev–Trinajstić information content (AvgIpc) is 2.62. The van der Waals surface area contributed by atoms with E-state index in [0.717, 1.165) is 0 Å². The van der Waals surface area contributed by atoms with E-state index in [1.807, 2.05) is 0 Å². The Balaban J connectivity index is 2.07. The maximum absolute atomic E-state index is 12.2. The summed E-state index contributed by atoms with van der Waals surface area (Å²) in [6, 6.07) is 11.0. The van der Waals surface area contributed by atoms with Crippen LogP contribution in [0.5, 0.6) is 17.2 Å². The minimum absolute atomic E-state index is 0.0868. The number of benzene rings is 2. The quantitative estimate of drug-likeness (QED) is 0.782. The van der Waals surface area contributed by atoms with Crippen molar-refractivity contribution in [3.8, 4) is 17.2 Å². The van der Waals surface area contributed by atoms with Crippen LogP contribution in [0.25, 0.3) is 0 Å². The van der Waals surface area contributed by atoms with Gasteiger partial charge in [-0.1, -0.05) is 12.1 Å². The summed E-state index contributed by atoms with van der Waals surface area (Å²) in [5.74, 6) is -0.752. The number of phenols is 1. The van der Waals surface area contributed by atoms with Crippen LogP contribution < -0.4 is 14.8 Å². The lowest BCUT2D eigenvalue weighted by molar-refractivity contribution is -0.123. The Morgan fingerprint density at radius 2 is 1.80 bits per heavy atom. The van der Waals surface area contributed by atoms with Crippen molar-refractivity contribution in [3.63, 3.8) is 0 Å². The lowest BCUT2D eigenvalue weighted by Crippen LogP contribution is -2.30. The number of esters is 1. The number of carbonyl (C=O) groups excluding carboxylic acids is 2. The molecule has 0 saturated carbocycles. The first-order chi connectivity index (χ1) is 12.0. The molecule has 132 valence electrons. The van der Waals surface area contributed by atoms with Crippen LogP contribution in [0.3, 0.4) is 0 Å². The molecular weight excluding hydrogens is 326 g/mol. The number of carbonyl (C=O) groups is 2. The number of rotatable bonds is 6. The van der Waals surface area contributed by atoms with Gasteiger partial charge < -0.3 is 24.6 Å². The number of ether oxygens (including phenoxy) is 3. The van der Waals surface area contributed by atoms with Crippen LogP contribution in [0.2, 0.25) is 0 Å². The third-order valence-corrected chi connectivity index (χ3v) is 3.44. The molecule has 0 heterocycles. The third-order valence-electron chi connectivity index (χ3n) is 3.44. The molecule has 0 bridgehead atoms. The number of phenolic OH excluding ortho intramolecular Hbond substituents is 1. The molecule has 1 atom stereocenters. The molecular formula is C18H19NO6. The minimum Gasteiger partial charge on any atom is -0.507 e. The van der Waals surface area contributed by atoms with E-state index in [4.69, 9.17) is 14.2 Å². The summed E-state index contributed by atoms with van der Waals surface area (Å²) >= 11 is 0. The highest BCUT2D eigenvalue weighted by Gasteiger charge is 2.22. The lowest BCUT2D eigenvalue weighted by atomic mass is 10.2. The van der Waals surface area contributed by atoms with Crippen LogP contribution in [0.1, 0.15) is 17.3 Å². The maximum Gasteiger partial charge on any atom is 0.342 e. The largest absolute Gasteiger partial charge is 0.507 e. The van der Waals surface area contributed by atoms with Crippen molar-refractivity contribution < 1.29 is 28.9 Å². The first kappa shape index (κ1) is 18.1. The zero-order valence-corrected chi connectivity index (χ0v) is 14.1. The Kier molecular flexibility index (Phi) is 5.84. The molecule has 0 fully saturated rings. The Hall–Kier alpha value is -3.22. The lowest BCUT2D eigenvalue weighted by Gasteiger charge is -2.15. The molecule has 0 aliphatic heterocycles. The van der Waals surface area contributed by atoms with Crippen LogP contribution in [0.4, 0.5) is 5.69 Å². The molecule has 25 heavy (non-hydrogen) atoms. The predicted molar refractivity (Wildman–Crippen MR) is 91.2 cm³/mol. The number of nitrogens with one attached hydrogen (secondary N) is 1. The molecule has 7 nitrogen and oxygen atoms in total. The highest BCUT2D eigenvalue weighted by atomic mass is 16.5. The molecule has 1 amide bonds. The van der Waals surface area contributed by atoms with Crippen LogP contribution in [-0.4, -0.2) is 37.3 Å². The zero-order valence-electron chi connectivity index (χ0n) is 14.1. The average molecular weight is 345 g/mol. The summed E-state index contributed by atoms with van der Waals surface area (Å²) in [4.78, 5) is 24.4. The minimum atomic E-state index is -1.08. The van der Waals surface area contributed by atoms with Crippen LogP contribution in [-0.2, 0) is 9.53 Å². The number of amides is 1. The number of hydrogen-bond donors (Lipinski definition) is 2. The number of aromatic hydroxyl groups is 1. The standard InChI is InChI=1S/C18H19NO6/c1-11(17(21)19-14-6-4-5-7-16(14)24-3)25-18(22)13-10-12(23-2)8-9-15(13)20/h4-11,20H,1-3H3,(H,19,21)/t11-/m0/s1. The Morgan fingerprint density at radius 1 is 1.08 bits per heavy atom. The van der Waals surface area contributed by atoms with E-state index < -0.39 is 18.0 Å². The van der Waals surface area contributed by atoms with Gasteiger partial charge in [-0.15, -0.1) is 0 Å². The van der Waals surface area contributed by atoms with Gasteiger partial charge in [0.05, 0.1) is 19.9 Å². The molecule has 2 rings (SSSR count). The predicted octanol–water partition coefficient (Wildman–Crippen LogP) is 2.59. The second kappa shape index (κ2) is 8.05. The molecule has 2 N–H and O–H groups in total. The molecule has 0 saturated heterocycles. The van der Waals surface area contributed by atoms with E-state index in [0.29, 0.717) is 17.2 Å². The zero-order chi connectivity index (χ0) is 18.4. The Morgan fingerprint density at radius 3 is 2.48 bits per heavy atom. The highest BCUT2D eigenvalue weighted by molar-refractivity contribution is 5.99. The van der Waals surface area contributed by atoms with Gasteiger partial charge in [0.15, 0.2) is 6.10 Å². The van der Waals surface area contributed by atoms with E-state index in [1.165, 1.54) is 39.3 Å². The van der Waals surface area contributed by atoms with Gasteiger partial charge >= 0.3 is 5.97 Å². The van der Waals surface area contributed by atoms with E-state index in [1.54, 1.807) is 24.3 Å². The topological polar surface area (TPSA) is 94.1 Å². The van der Waals surface area contributed by atoms with Crippen LogP contribution in [0.15, 0.2) is 42.5 Å². The number of methoxy groups -OCH3 is 2. The van der Waals surface area contributed by atoms with Gasteiger partial charge in [0.1, 0.15) is 22.8 Å². The maximum atomic E-state index is 12.2. The molecule has 0 aromatic heterocycles. The van der Waals surface area contributed by atoms with Gasteiger partial charge in [-0.3, -0.25) is 4.79 Å². The summed E-state index contributed by atoms with van der Waals surface area (Å²) in [6.45, 7) is 1.43. The third kappa shape index (κ3) is 4.41.